The molecule has 0 heterocycles. The number of ether oxygens (including phenoxy) is 1. The summed E-state index contributed by atoms with van der Waals surface area (Å²) in [5.41, 5.74) is 3.62. The highest BCUT2D eigenvalue weighted by Crippen LogP contribution is 2.25. The lowest BCUT2D eigenvalue weighted by Gasteiger charge is -2.10. The van der Waals surface area contributed by atoms with Gasteiger partial charge < -0.3 is 14.9 Å². The van der Waals surface area contributed by atoms with E-state index in [0.29, 0.717) is 24.3 Å². The lowest BCUT2D eigenvalue weighted by Crippen LogP contribution is -2.00. The molecule has 2 N–H and O–H groups in total. The Morgan fingerprint density at radius 2 is 1.57 bits per heavy atom. The van der Waals surface area contributed by atoms with Crippen LogP contribution in [-0.4, -0.2) is 22.2 Å². The van der Waals surface area contributed by atoms with Crippen LogP contribution in [0.2, 0.25) is 0 Å². The van der Waals surface area contributed by atoms with E-state index in [4.69, 9.17) is 9.84 Å². The molecule has 5 heteroatoms. The Labute approximate surface area is 162 Å². The Morgan fingerprint density at radius 1 is 0.821 bits per heavy atom. The second-order valence-corrected chi connectivity index (χ2v) is 6.38. The molecule has 0 aliphatic rings. The molecule has 3 aromatic carbocycles. The first kappa shape index (κ1) is 19.2. The molecule has 0 radical (unpaired) electrons. The fourth-order valence-corrected chi connectivity index (χ4v) is 2.92. The van der Waals surface area contributed by atoms with Gasteiger partial charge >= 0.3 is 11.9 Å². The van der Waals surface area contributed by atoms with E-state index >= 15 is 0 Å². The number of carboxylic acid groups (broad SMARTS) is 2. The summed E-state index contributed by atoms with van der Waals surface area (Å²) in [5, 5.41) is 18.1. The first-order valence-corrected chi connectivity index (χ1v) is 8.88. The number of aryl methyl sites for hydroxylation is 1. The minimum absolute atomic E-state index is 0.102. The maximum Gasteiger partial charge on any atom is 0.336 e. The van der Waals surface area contributed by atoms with E-state index in [2.05, 4.69) is 0 Å². The van der Waals surface area contributed by atoms with Gasteiger partial charge in [0.1, 0.15) is 12.4 Å². The average Bonchev–Trinajstić information content (AvgIpc) is 2.71. The smallest absolute Gasteiger partial charge is 0.336 e. The summed E-state index contributed by atoms with van der Waals surface area (Å²) in [6, 6.07) is 21.9. The first-order chi connectivity index (χ1) is 13.5. The molecule has 0 unspecified atom stereocenters. The highest BCUT2D eigenvalue weighted by atomic mass is 16.5. The Morgan fingerprint density at radius 3 is 2.29 bits per heavy atom. The molecule has 3 rings (SSSR count). The molecule has 0 aliphatic carbocycles. The third kappa shape index (κ3) is 4.98. The molecule has 0 saturated carbocycles. The fourth-order valence-electron chi connectivity index (χ4n) is 2.92. The zero-order valence-electron chi connectivity index (χ0n) is 15.2. The molecule has 0 fully saturated rings. The summed E-state index contributed by atoms with van der Waals surface area (Å²) in [7, 11) is 0. The third-order valence-corrected chi connectivity index (χ3v) is 4.35. The van der Waals surface area contributed by atoms with Gasteiger partial charge in [0.25, 0.3) is 0 Å². The van der Waals surface area contributed by atoms with E-state index in [1.807, 2.05) is 54.6 Å². The van der Waals surface area contributed by atoms with Gasteiger partial charge in [-0.2, -0.15) is 0 Å². The Balaban J connectivity index is 1.69. The van der Waals surface area contributed by atoms with Crippen molar-refractivity contribution in [1.82, 2.24) is 0 Å². The molecule has 28 heavy (non-hydrogen) atoms. The van der Waals surface area contributed by atoms with E-state index in [1.54, 1.807) is 18.2 Å². The van der Waals surface area contributed by atoms with E-state index in [1.165, 1.54) is 0 Å². The fraction of sp³-hybridized carbons (Fsp3) is 0.130. The summed E-state index contributed by atoms with van der Waals surface area (Å²) in [4.78, 5) is 22.1. The number of carbonyl (C=O) groups is 2. The normalized spacial score (nSPS) is 10.4. The van der Waals surface area contributed by atoms with Gasteiger partial charge in [-0.15, -0.1) is 0 Å². The SMILES string of the molecule is O=C(O)CCc1ccc(OCc2cccc(-c3ccccc3C(=O)O)c2)cc1. The molecule has 0 spiro atoms. The summed E-state index contributed by atoms with van der Waals surface area (Å²) in [6.45, 7) is 0.345. The predicted octanol–water partition coefficient (Wildman–Crippen LogP) is 4.65. The van der Waals surface area contributed by atoms with Crippen molar-refractivity contribution >= 4 is 11.9 Å². The highest BCUT2D eigenvalue weighted by Gasteiger charge is 2.11. The lowest BCUT2D eigenvalue weighted by molar-refractivity contribution is -0.136. The molecule has 3 aromatic rings. The zero-order valence-corrected chi connectivity index (χ0v) is 15.2. The van der Waals surface area contributed by atoms with E-state index in [-0.39, 0.29) is 12.0 Å². The summed E-state index contributed by atoms with van der Waals surface area (Å²) in [6.07, 6.45) is 0.589. The van der Waals surface area contributed by atoms with Crippen molar-refractivity contribution in [2.75, 3.05) is 0 Å². The molecular formula is C23H20O5. The molecule has 0 amide bonds. The van der Waals surface area contributed by atoms with Crippen LogP contribution in [0.1, 0.15) is 27.9 Å². The number of hydrogen-bond acceptors (Lipinski definition) is 3. The van der Waals surface area contributed by atoms with E-state index in [9.17, 15) is 14.7 Å². The minimum atomic E-state index is -0.958. The van der Waals surface area contributed by atoms with Crippen LogP contribution in [0.15, 0.2) is 72.8 Å². The Kier molecular flexibility index (Phi) is 6.07. The van der Waals surface area contributed by atoms with Crippen LogP contribution in [0.4, 0.5) is 0 Å². The van der Waals surface area contributed by atoms with Crippen molar-refractivity contribution in [2.45, 2.75) is 19.4 Å². The largest absolute Gasteiger partial charge is 0.489 e. The van der Waals surface area contributed by atoms with Gasteiger partial charge in [0.15, 0.2) is 0 Å². The second kappa shape index (κ2) is 8.86. The number of hydrogen-bond donors (Lipinski definition) is 2. The van der Waals surface area contributed by atoms with Crippen molar-refractivity contribution < 1.29 is 24.5 Å². The highest BCUT2D eigenvalue weighted by molar-refractivity contribution is 5.96. The summed E-state index contributed by atoms with van der Waals surface area (Å²) >= 11 is 0. The zero-order chi connectivity index (χ0) is 19.9. The van der Waals surface area contributed by atoms with Crippen molar-refractivity contribution in [1.29, 1.82) is 0 Å². The van der Waals surface area contributed by atoms with E-state index < -0.39 is 11.9 Å². The lowest BCUT2D eigenvalue weighted by atomic mass is 9.98. The minimum Gasteiger partial charge on any atom is -0.489 e. The second-order valence-electron chi connectivity index (χ2n) is 6.38. The Hall–Kier alpha value is -3.60. The molecule has 5 nitrogen and oxygen atoms in total. The van der Waals surface area contributed by atoms with Gasteiger partial charge in [-0.05, 0) is 52.9 Å². The molecule has 0 aliphatic heterocycles. The van der Waals surface area contributed by atoms with Gasteiger partial charge in [0.05, 0.1) is 5.56 Å². The molecule has 0 saturated heterocycles. The standard InChI is InChI=1S/C23H20O5/c24-22(25)13-10-16-8-11-19(12-9-16)28-15-17-4-3-5-18(14-17)20-6-1-2-7-21(20)23(26)27/h1-9,11-12,14H,10,13,15H2,(H,24,25)(H,26,27). The van der Waals surface area contributed by atoms with Gasteiger partial charge in [-0.25, -0.2) is 4.79 Å². The molecule has 0 aromatic heterocycles. The van der Waals surface area contributed by atoms with Crippen molar-refractivity contribution in [2.24, 2.45) is 0 Å². The predicted molar refractivity (Wildman–Crippen MR) is 106 cm³/mol. The summed E-state index contributed by atoms with van der Waals surface area (Å²) < 4.78 is 5.81. The maximum absolute atomic E-state index is 11.4. The molecular weight excluding hydrogens is 356 g/mol. The van der Waals surface area contributed by atoms with Crippen LogP contribution < -0.4 is 4.74 Å². The van der Waals surface area contributed by atoms with Crippen LogP contribution in [0, 0.1) is 0 Å². The van der Waals surface area contributed by atoms with Crippen LogP contribution in [-0.2, 0) is 17.8 Å². The third-order valence-electron chi connectivity index (χ3n) is 4.35. The number of aromatic carboxylic acids is 1. The van der Waals surface area contributed by atoms with Crippen LogP contribution in [0.5, 0.6) is 5.75 Å². The first-order valence-electron chi connectivity index (χ1n) is 8.88. The topological polar surface area (TPSA) is 83.8 Å². The van der Waals surface area contributed by atoms with Crippen LogP contribution in [0.25, 0.3) is 11.1 Å². The molecule has 142 valence electrons. The van der Waals surface area contributed by atoms with Crippen LogP contribution in [0.3, 0.4) is 0 Å². The molecule has 0 bridgehead atoms. The molecule has 0 atom stereocenters. The Bertz CT molecular complexity index is 976. The quantitative estimate of drug-likeness (QED) is 0.598. The van der Waals surface area contributed by atoms with E-state index in [0.717, 1.165) is 16.7 Å². The van der Waals surface area contributed by atoms with Gasteiger partial charge in [-0.3, -0.25) is 4.79 Å². The summed E-state index contributed by atoms with van der Waals surface area (Å²) in [5.74, 6) is -1.08. The number of rotatable bonds is 8. The van der Waals surface area contributed by atoms with Gasteiger partial charge in [-0.1, -0.05) is 48.5 Å². The number of benzene rings is 3. The number of carboxylic acids is 2. The average molecular weight is 376 g/mol. The monoisotopic (exact) mass is 376 g/mol. The van der Waals surface area contributed by atoms with Crippen molar-refractivity contribution in [3.63, 3.8) is 0 Å². The van der Waals surface area contributed by atoms with Crippen LogP contribution >= 0.6 is 0 Å². The maximum atomic E-state index is 11.4. The number of aliphatic carboxylic acids is 1. The van der Waals surface area contributed by atoms with Crippen molar-refractivity contribution in [3.05, 3.63) is 89.5 Å². The van der Waals surface area contributed by atoms with Crippen molar-refractivity contribution in [3.8, 4) is 16.9 Å². The van der Waals surface area contributed by atoms with Gasteiger partial charge in [0.2, 0.25) is 0 Å². The van der Waals surface area contributed by atoms with Gasteiger partial charge in [0, 0.05) is 6.42 Å².